The fourth-order valence-electron chi connectivity index (χ4n) is 1.74. The fourth-order valence-corrected chi connectivity index (χ4v) is 1.95. The molecule has 0 N–H and O–H groups in total. The van der Waals surface area contributed by atoms with Crippen LogP contribution in [0.3, 0.4) is 0 Å². The summed E-state index contributed by atoms with van der Waals surface area (Å²) in [5, 5.41) is 8.50. The van der Waals surface area contributed by atoms with Crippen LogP contribution in [-0.2, 0) is 13.0 Å². The minimum atomic E-state index is 0.412. The second kappa shape index (κ2) is 5.10. The molecule has 17 heavy (non-hydrogen) atoms. The highest BCUT2D eigenvalue weighted by Crippen LogP contribution is 2.13. The zero-order chi connectivity index (χ0) is 12.3. The summed E-state index contributed by atoms with van der Waals surface area (Å²) in [5.41, 5.74) is 2.30. The van der Waals surface area contributed by atoms with Crippen LogP contribution in [0.1, 0.15) is 28.7 Å². The van der Waals surface area contributed by atoms with Crippen molar-refractivity contribution < 1.29 is 4.79 Å². The quantitative estimate of drug-likeness (QED) is 0.782. The number of aromatic nitrogens is 3. The lowest BCUT2D eigenvalue weighted by Crippen LogP contribution is -2.06. The van der Waals surface area contributed by atoms with Crippen LogP contribution >= 0.6 is 11.6 Å². The van der Waals surface area contributed by atoms with Gasteiger partial charge in [-0.1, -0.05) is 35.9 Å². The molecular formula is C12H12ClN3O. The van der Waals surface area contributed by atoms with Crippen molar-refractivity contribution in [1.29, 1.82) is 0 Å². The summed E-state index contributed by atoms with van der Waals surface area (Å²) in [5.74, 6) is 0. The number of hydrogen-bond donors (Lipinski definition) is 0. The van der Waals surface area contributed by atoms with Gasteiger partial charge in [0.25, 0.3) is 0 Å². The Kier molecular flexibility index (Phi) is 3.54. The van der Waals surface area contributed by atoms with Crippen LogP contribution in [0, 0.1) is 0 Å². The van der Waals surface area contributed by atoms with E-state index in [1.807, 2.05) is 31.2 Å². The predicted molar refractivity (Wildman–Crippen MR) is 65.3 cm³/mol. The highest BCUT2D eigenvalue weighted by atomic mass is 35.5. The third-order valence-electron chi connectivity index (χ3n) is 2.54. The Morgan fingerprint density at radius 3 is 2.94 bits per heavy atom. The number of hydrogen-bond acceptors (Lipinski definition) is 3. The van der Waals surface area contributed by atoms with Crippen molar-refractivity contribution in [3.8, 4) is 0 Å². The second-order valence-corrected chi connectivity index (χ2v) is 4.12. The average molecular weight is 250 g/mol. The van der Waals surface area contributed by atoms with Crippen LogP contribution in [0.5, 0.6) is 0 Å². The van der Waals surface area contributed by atoms with Crippen LogP contribution in [0.4, 0.5) is 0 Å². The van der Waals surface area contributed by atoms with E-state index in [2.05, 4.69) is 10.3 Å². The number of halogens is 1. The summed E-state index contributed by atoms with van der Waals surface area (Å²) in [6, 6.07) is 7.56. The van der Waals surface area contributed by atoms with E-state index in [0.29, 0.717) is 17.3 Å². The van der Waals surface area contributed by atoms with Gasteiger partial charge in [0, 0.05) is 5.02 Å². The smallest absolute Gasteiger partial charge is 0.172 e. The zero-order valence-corrected chi connectivity index (χ0v) is 10.2. The first kappa shape index (κ1) is 11.8. The molecule has 0 unspecified atom stereocenters. The highest BCUT2D eigenvalue weighted by molar-refractivity contribution is 6.30. The van der Waals surface area contributed by atoms with E-state index in [0.717, 1.165) is 24.0 Å². The molecule has 1 aromatic carbocycles. The molecule has 2 aromatic rings. The largest absolute Gasteiger partial charge is 0.296 e. The number of nitrogens with zero attached hydrogens (tertiary/aromatic N) is 3. The Morgan fingerprint density at radius 1 is 1.47 bits per heavy atom. The van der Waals surface area contributed by atoms with Gasteiger partial charge in [-0.05, 0) is 24.1 Å². The Bertz CT molecular complexity index is 536. The van der Waals surface area contributed by atoms with Gasteiger partial charge in [0.15, 0.2) is 6.29 Å². The minimum Gasteiger partial charge on any atom is -0.296 e. The van der Waals surface area contributed by atoms with Gasteiger partial charge in [-0.25, -0.2) is 4.68 Å². The van der Waals surface area contributed by atoms with Gasteiger partial charge < -0.3 is 0 Å². The molecule has 0 aliphatic carbocycles. The molecule has 0 amide bonds. The molecule has 0 spiro atoms. The molecule has 0 atom stereocenters. The van der Waals surface area contributed by atoms with Gasteiger partial charge in [0.05, 0.1) is 12.2 Å². The lowest BCUT2D eigenvalue weighted by Gasteiger charge is -2.05. The van der Waals surface area contributed by atoms with E-state index in [1.165, 1.54) is 0 Å². The van der Waals surface area contributed by atoms with Crippen LogP contribution < -0.4 is 0 Å². The number of aldehydes is 1. The lowest BCUT2D eigenvalue weighted by atomic mass is 10.2. The van der Waals surface area contributed by atoms with Gasteiger partial charge in [-0.3, -0.25) is 4.79 Å². The molecule has 0 radical (unpaired) electrons. The number of carbonyl (C=O) groups excluding carboxylic acids is 1. The van der Waals surface area contributed by atoms with Crippen LogP contribution in [-0.4, -0.2) is 21.3 Å². The van der Waals surface area contributed by atoms with E-state index in [9.17, 15) is 4.79 Å². The van der Waals surface area contributed by atoms with Crippen molar-refractivity contribution in [1.82, 2.24) is 15.0 Å². The maximum absolute atomic E-state index is 10.8. The third kappa shape index (κ3) is 2.53. The maximum atomic E-state index is 10.8. The molecule has 1 heterocycles. The predicted octanol–water partition coefficient (Wildman–Crippen LogP) is 2.35. The Labute approximate surface area is 104 Å². The first-order chi connectivity index (χ1) is 8.24. The van der Waals surface area contributed by atoms with Crippen LogP contribution in [0.15, 0.2) is 24.3 Å². The summed E-state index contributed by atoms with van der Waals surface area (Å²) >= 11 is 5.92. The molecule has 0 saturated heterocycles. The number of benzene rings is 1. The SMILES string of the molecule is CCc1c(C=O)nnn1Cc1cccc(Cl)c1. The second-order valence-electron chi connectivity index (χ2n) is 3.68. The molecule has 5 heteroatoms. The molecule has 0 fully saturated rings. The van der Waals surface area contributed by atoms with E-state index >= 15 is 0 Å². The first-order valence-corrected chi connectivity index (χ1v) is 5.74. The van der Waals surface area contributed by atoms with Crippen molar-refractivity contribution in [3.05, 3.63) is 46.2 Å². The van der Waals surface area contributed by atoms with Gasteiger partial charge in [0.2, 0.25) is 0 Å². The van der Waals surface area contributed by atoms with Crippen molar-refractivity contribution >= 4 is 17.9 Å². The third-order valence-corrected chi connectivity index (χ3v) is 2.77. The Hall–Kier alpha value is -1.68. The topological polar surface area (TPSA) is 47.8 Å². The number of rotatable bonds is 4. The van der Waals surface area contributed by atoms with Crippen molar-refractivity contribution in [3.63, 3.8) is 0 Å². The normalized spacial score (nSPS) is 10.5. The summed E-state index contributed by atoms with van der Waals surface area (Å²) < 4.78 is 1.73. The molecule has 0 aliphatic heterocycles. The highest BCUT2D eigenvalue weighted by Gasteiger charge is 2.10. The average Bonchev–Trinajstić information content (AvgIpc) is 2.71. The maximum Gasteiger partial charge on any atom is 0.172 e. The zero-order valence-electron chi connectivity index (χ0n) is 9.43. The van der Waals surface area contributed by atoms with Gasteiger partial charge in [-0.2, -0.15) is 0 Å². The summed E-state index contributed by atoms with van der Waals surface area (Å²) in [7, 11) is 0. The van der Waals surface area contributed by atoms with Gasteiger partial charge in [-0.15, -0.1) is 5.10 Å². The summed E-state index contributed by atoms with van der Waals surface area (Å²) in [6.45, 7) is 2.55. The van der Waals surface area contributed by atoms with Crippen molar-refractivity contribution in [2.24, 2.45) is 0 Å². The lowest BCUT2D eigenvalue weighted by molar-refractivity contribution is 0.111. The van der Waals surface area contributed by atoms with Crippen LogP contribution in [0.2, 0.25) is 5.02 Å². The molecule has 2 rings (SSSR count). The Balaban J connectivity index is 2.30. The molecule has 1 aromatic heterocycles. The molecular weight excluding hydrogens is 238 g/mol. The Morgan fingerprint density at radius 2 is 2.29 bits per heavy atom. The summed E-state index contributed by atoms with van der Waals surface area (Å²) in [6.07, 6.45) is 1.46. The van der Waals surface area contributed by atoms with Crippen molar-refractivity contribution in [2.75, 3.05) is 0 Å². The molecule has 4 nitrogen and oxygen atoms in total. The van der Waals surface area contributed by atoms with Crippen LogP contribution in [0.25, 0.3) is 0 Å². The number of carbonyl (C=O) groups is 1. The van der Waals surface area contributed by atoms with E-state index in [-0.39, 0.29) is 0 Å². The first-order valence-electron chi connectivity index (χ1n) is 5.36. The van der Waals surface area contributed by atoms with Gasteiger partial charge in [0.1, 0.15) is 5.69 Å². The monoisotopic (exact) mass is 249 g/mol. The standard InChI is InChI=1S/C12H12ClN3O/c1-2-12-11(8-17)14-15-16(12)7-9-4-3-5-10(13)6-9/h3-6,8H,2,7H2,1H3. The van der Waals surface area contributed by atoms with E-state index in [4.69, 9.17) is 11.6 Å². The van der Waals surface area contributed by atoms with Gasteiger partial charge >= 0.3 is 0 Å². The summed E-state index contributed by atoms with van der Waals surface area (Å²) in [4.78, 5) is 10.8. The van der Waals surface area contributed by atoms with E-state index in [1.54, 1.807) is 4.68 Å². The molecule has 88 valence electrons. The van der Waals surface area contributed by atoms with Crippen molar-refractivity contribution in [2.45, 2.75) is 19.9 Å². The molecule has 0 saturated carbocycles. The fraction of sp³-hybridized carbons (Fsp3) is 0.250. The van der Waals surface area contributed by atoms with E-state index < -0.39 is 0 Å². The molecule has 0 aliphatic rings. The molecule has 0 bridgehead atoms. The minimum absolute atomic E-state index is 0.412.